The summed E-state index contributed by atoms with van der Waals surface area (Å²) in [6.45, 7) is 3.63. The van der Waals surface area contributed by atoms with Gasteiger partial charge in [-0.05, 0) is 12.5 Å². The van der Waals surface area contributed by atoms with Crippen LogP contribution < -0.4 is 5.32 Å². The van der Waals surface area contributed by atoms with Gasteiger partial charge in [0, 0.05) is 19.5 Å². The van der Waals surface area contributed by atoms with Crippen molar-refractivity contribution < 1.29 is 9.84 Å². The van der Waals surface area contributed by atoms with Gasteiger partial charge >= 0.3 is 0 Å². The smallest absolute Gasteiger partial charge is 0.0965 e. The van der Waals surface area contributed by atoms with Gasteiger partial charge in [-0.2, -0.15) is 0 Å². The first kappa shape index (κ1) is 11.6. The Hall–Kier alpha value is -0.900. The number of aliphatic hydroxyl groups is 1. The molecular weight excluding hydrogens is 202 g/mol. The van der Waals surface area contributed by atoms with Crippen molar-refractivity contribution >= 4 is 0 Å². The number of nitrogens with one attached hydrogen (secondary N) is 1. The van der Waals surface area contributed by atoms with Gasteiger partial charge in [0.1, 0.15) is 0 Å². The molecule has 1 fully saturated rings. The van der Waals surface area contributed by atoms with E-state index in [1.165, 1.54) is 0 Å². The van der Waals surface area contributed by atoms with Crippen LogP contribution in [0.15, 0.2) is 30.3 Å². The maximum Gasteiger partial charge on any atom is 0.0965 e. The van der Waals surface area contributed by atoms with E-state index in [4.69, 9.17) is 4.74 Å². The molecule has 3 nitrogen and oxygen atoms in total. The molecule has 88 valence electrons. The predicted molar refractivity (Wildman–Crippen MR) is 63.4 cm³/mol. The number of rotatable bonds is 3. The van der Waals surface area contributed by atoms with E-state index in [9.17, 15) is 5.11 Å². The molecule has 2 rings (SSSR count). The van der Waals surface area contributed by atoms with Crippen molar-refractivity contribution in [3.63, 3.8) is 0 Å². The van der Waals surface area contributed by atoms with E-state index in [0.29, 0.717) is 6.42 Å². The number of morpholine rings is 1. The molecule has 1 saturated heterocycles. The molecule has 1 aromatic rings. The van der Waals surface area contributed by atoms with Crippen LogP contribution in [-0.4, -0.2) is 36.5 Å². The molecule has 0 radical (unpaired) electrons. The Balaban J connectivity index is 1.90. The van der Waals surface area contributed by atoms with E-state index >= 15 is 0 Å². The minimum Gasteiger partial charge on any atom is -0.390 e. The fourth-order valence-electron chi connectivity index (χ4n) is 2.04. The van der Waals surface area contributed by atoms with E-state index in [-0.39, 0.29) is 12.2 Å². The van der Waals surface area contributed by atoms with Gasteiger partial charge in [0.25, 0.3) is 0 Å². The van der Waals surface area contributed by atoms with Crippen LogP contribution in [0.5, 0.6) is 0 Å². The molecule has 1 aliphatic heterocycles. The Kier molecular flexibility index (Phi) is 3.93. The maximum absolute atomic E-state index is 10.1. The van der Waals surface area contributed by atoms with E-state index in [1.807, 2.05) is 37.3 Å². The molecule has 0 aliphatic carbocycles. The zero-order chi connectivity index (χ0) is 11.4. The summed E-state index contributed by atoms with van der Waals surface area (Å²) in [6, 6.07) is 10.0. The first-order chi connectivity index (χ1) is 7.75. The van der Waals surface area contributed by atoms with Crippen molar-refractivity contribution in [3.8, 4) is 0 Å². The molecule has 3 heteroatoms. The Morgan fingerprint density at radius 1 is 1.38 bits per heavy atom. The summed E-state index contributed by atoms with van der Waals surface area (Å²) in [5.41, 5.74) is 1.15. The lowest BCUT2D eigenvalue weighted by atomic mass is 10.0. The third kappa shape index (κ3) is 3.04. The molecule has 0 amide bonds. The lowest BCUT2D eigenvalue weighted by molar-refractivity contribution is -0.0874. The number of benzene rings is 1. The van der Waals surface area contributed by atoms with Gasteiger partial charge < -0.3 is 15.2 Å². The average Bonchev–Trinajstić information content (AvgIpc) is 2.30. The van der Waals surface area contributed by atoms with E-state index in [0.717, 1.165) is 18.7 Å². The van der Waals surface area contributed by atoms with Crippen molar-refractivity contribution in [2.45, 2.75) is 31.7 Å². The molecule has 0 aromatic heterocycles. The summed E-state index contributed by atoms with van der Waals surface area (Å²) >= 11 is 0. The highest BCUT2D eigenvalue weighted by molar-refractivity contribution is 5.15. The zero-order valence-electron chi connectivity index (χ0n) is 9.60. The second kappa shape index (κ2) is 5.43. The van der Waals surface area contributed by atoms with Crippen LogP contribution in [0.3, 0.4) is 0 Å². The molecule has 1 heterocycles. The third-order valence-electron chi connectivity index (χ3n) is 2.90. The first-order valence-corrected chi connectivity index (χ1v) is 5.84. The van der Waals surface area contributed by atoms with Crippen molar-refractivity contribution in [3.05, 3.63) is 35.9 Å². The van der Waals surface area contributed by atoms with Gasteiger partial charge in [0.15, 0.2) is 0 Å². The summed E-state index contributed by atoms with van der Waals surface area (Å²) in [5, 5.41) is 13.3. The fraction of sp³-hybridized carbons (Fsp3) is 0.538. The van der Waals surface area contributed by atoms with Crippen LogP contribution in [-0.2, 0) is 11.2 Å². The SMILES string of the molecule is C[C@@H]1CNC[C@H]([C@H](O)Cc2ccccc2)O1. The molecule has 0 bridgehead atoms. The molecule has 2 N–H and O–H groups in total. The van der Waals surface area contributed by atoms with Crippen molar-refractivity contribution in [2.24, 2.45) is 0 Å². The Morgan fingerprint density at radius 2 is 2.12 bits per heavy atom. The highest BCUT2D eigenvalue weighted by atomic mass is 16.5. The van der Waals surface area contributed by atoms with Gasteiger partial charge in [-0.3, -0.25) is 0 Å². The molecule has 0 unspecified atom stereocenters. The van der Waals surface area contributed by atoms with Crippen LogP contribution >= 0.6 is 0 Å². The van der Waals surface area contributed by atoms with Gasteiger partial charge in [0.05, 0.1) is 18.3 Å². The van der Waals surface area contributed by atoms with E-state index in [1.54, 1.807) is 0 Å². The van der Waals surface area contributed by atoms with Crippen LogP contribution in [0.4, 0.5) is 0 Å². The van der Waals surface area contributed by atoms with Crippen molar-refractivity contribution in [2.75, 3.05) is 13.1 Å². The van der Waals surface area contributed by atoms with Gasteiger partial charge in [-0.25, -0.2) is 0 Å². The number of hydrogen-bond acceptors (Lipinski definition) is 3. The summed E-state index contributed by atoms with van der Waals surface area (Å²) < 4.78 is 5.71. The van der Waals surface area contributed by atoms with Crippen molar-refractivity contribution in [1.82, 2.24) is 5.32 Å². The normalized spacial score (nSPS) is 27.6. The number of ether oxygens (including phenoxy) is 1. The van der Waals surface area contributed by atoms with Gasteiger partial charge in [-0.15, -0.1) is 0 Å². The topological polar surface area (TPSA) is 41.5 Å². The van der Waals surface area contributed by atoms with Crippen LogP contribution in [0.25, 0.3) is 0 Å². The molecule has 0 saturated carbocycles. The summed E-state index contributed by atoms with van der Waals surface area (Å²) in [7, 11) is 0. The summed E-state index contributed by atoms with van der Waals surface area (Å²) in [4.78, 5) is 0. The van der Waals surface area contributed by atoms with Gasteiger partial charge in [0.2, 0.25) is 0 Å². The highest BCUT2D eigenvalue weighted by Gasteiger charge is 2.25. The second-order valence-corrected chi connectivity index (χ2v) is 4.40. The maximum atomic E-state index is 10.1. The summed E-state index contributed by atoms with van der Waals surface area (Å²) in [5.74, 6) is 0. The van der Waals surface area contributed by atoms with E-state index < -0.39 is 6.10 Å². The Labute approximate surface area is 96.4 Å². The first-order valence-electron chi connectivity index (χ1n) is 5.84. The highest BCUT2D eigenvalue weighted by Crippen LogP contribution is 2.12. The largest absolute Gasteiger partial charge is 0.390 e. The van der Waals surface area contributed by atoms with Crippen LogP contribution in [0.1, 0.15) is 12.5 Å². The lowest BCUT2D eigenvalue weighted by Gasteiger charge is -2.32. The standard InChI is InChI=1S/C13H19NO2/c1-10-8-14-9-13(16-10)12(15)7-11-5-3-2-4-6-11/h2-6,10,12-15H,7-9H2,1H3/t10-,12-,13-/m1/s1. The molecule has 1 aromatic carbocycles. The molecule has 0 spiro atoms. The minimum absolute atomic E-state index is 0.0936. The zero-order valence-corrected chi connectivity index (χ0v) is 9.60. The lowest BCUT2D eigenvalue weighted by Crippen LogP contribution is -2.49. The molecular formula is C13H19NO2. The van der Waals surface area contributed by atoms with Crippen LogP contribution in [0, 0.1) is 0 Å². The predicted octanol–water partition coefficient (Wildman–Crippen LogP) is 0.967. The Morgan fingerprint density at radius 3 is 2.81 bits per heavy atom. The fourth-order valence-corrected chi connectivity index (χ4v) is 2.04. The molecule has 1 aliphatic rings. The van der Waals surface area contributed by atoms with Crippen molar-refractivity contribution in [1.29, 1.82) is 0 Å². The Bertz CT molecular complexity index is 315. The monoisotopic (exact) mass is 221 g/mol. The molecule has 16 heavy (non-hydrogen) atoms. The van der Waals surface area contributed by atoms with Crippen LogP contribution in [0.2, 0.25) is 0 Å². The minimum atomic E-state index is -0.433. The van der Waals surface area contributed by atoms with E-state index in [2.05, 4.69) is 5.32 Å². The second-order valence-electron chi connectivity index (χ2n) is 4.40. The quantitative estimate of drug-likeness (QED) is 0.799. The summed E-state index contributed by atoms with van der Waals surface area (Å²) in [6.07, 6.45) is 0.311. The number of aliphatic hydroxyl groups excluding tert-OH is 1. The third-order valence-corrected chi connectivity index (χ3v) is 2.90. The number of hydrogen-bond donors (Lipinski definition) is 2. The average molecular weight is 221 g/mol. The van der Waals surface area contributed by atoms with Gasteiger partial charge in [-0.1, -0.05) is 30.3 Å². The molecule has 3 atom stereocenters.